The predicted molar refractivity (Wildman–Crippen MR) is 74.1 cm³/mol. The Bertz CT molecular complexity index is 379. The lowest BCUT2D eigenvalue weighted by molar-refractivity contribution is 0.307. The van der Waals surface area contributed by atoms with Gasteiger partial charge in [-0.1, -0.05) is 26.3 Å². The summed E-state index contributed by atoms with van der Waals surface area (Å²) in [7, 11) is 0. The molecule has 3 nitrogen and oxygen atoms in total. The Morgan fingerprint density at radius 1 is 1.47 bits per heavy atom. The van der Waals surface area contributed by atoms with Crippen molar-refractivity contribution < 1.29 is 0 Å². The lowest BCUT2D eigenvalue weighted by atomic mass is 9.84. The summed E-state index contributed by atoms with van der Waals surface area (Å²) in [5.41, 5.74) is 1.47. The van der Waals surface area contributed by atoms with Gasteiger partial charge in [-0.3, -0.25) is 0 Å². The van der Waals surface area contributed by atoms with E-state index >= 15 is 0 Å². The first kappa shape index (κ1) is 13.4. The highest BCUT2D eigenvalue weighted by Crippen LogP contribution is 2.30. The first-order valence-electron chi connectivity index (χ1n) is 5.71. The number of hydrogen-bond donors (Lipinski definition) is 3. The fourth-order valence-corrected chi connectivity index (χ4v) is 2.32. The lowest BCUT2D eigenvalue weighted by Crippen LogP contribution is -2.49. The smallest absolute Gasteiger partial charge is 0.0962 e. The van der Waals surface area contributed by atoms with E-state index in [0.29, 0.717) is 0 Å². The van der Waals surface area contributed by atoms with Gasteiger partial charge in [0.25, 0.3) is 0 Å². The highest BCUT2D eigenvalue weighted by atomic mass is 15.2. The van der Waals surface area contributed by atoms with Crippen molar-refractivity contribution in [3.8, 4) is 0 Å². The molecule has 3 heteroatoms. The zero-order valence-corrected chi connectivity index (χ0v) is 11.1. The number of rotatable bonds is 5. The molecule has 94 valence electrons. The van der Waals surface area contributed by atoms with E-state index in [0.717, 1.165) is 23.6 Å². The van der Waals surface area contributed by atoms with E-state index in [1.54, 1.807) is 6.08 Å². The Kier molecular flexibility index (Phi) is 3.41. The Morgan fingerprint density at radius 3 is 2.47 bits per heavy atom. The summed E-state index contributed by atoms with van der Waals surface area (Å²) in [6.07, 6.45) is 2.58. The van der Waals surface area contributed by atoms with Gasteiger partial charge in [-0.25, -0.2) is 0 Å². The van der Waals surface area contributed by atoms with Gasteiger partial charge in [-0.15, -0.1) is 0 Å². The van der Waals surface area contributed by atoms with Crippen LogP contribution >= 0.6 is 0 Å². The zero-order chi connectivity index (χ0) is 13.3. The maximum Gasteiger partial charge on any atom is 0.0962 e. The highest BCUT2D eigenvalue weighted by molar-refractivity contribution is 5.28. The van der Waals surface area contributed by atoms with Crippen LogP contribution in [0.25, 0.3) is 0 Å². The molecule has 0 spiro atoms. The topological polar surface area (TPSA) is 36.1 Å². The molecular formula is C14H23N3. The molecule has 1 heterocycles. The molecule has 1 saturated heterocycles. The standard InChI is InChI=1S/C14H23N3/c1-8-10(2)16-13(5,6)9-14(7)11(3)15-12(4)17-14/h8,15-17H,1-4,9H2,5-7H3. The fourth-order valence-electron chi connectivity index (χ4n) is 2.32. The minimum absolute atomic E-state index is 0.109. The van der Waals surface area contributed by atoms with Crippen LogP contribution in [0.15, 0.2) is 49.6 Å². The van der Waals surface area contributed by atoms with Gasteiger partial charge in [0.15, 0.2) is 0 Å². The summed E-state index contributed by atoms with van der Waals surface area (Å²) in [5.74, 6) is 0.802. The molecule has 1 rings (SSSR count). The van der Waals surface area contributed by atoms with Crippen LogP contribution in [0, 0.1) is 0 Å². The Labute approximate surface area is 104 Å². The summed E-state index contributed by atoms with van der Waals surface area (Å²) in [5, 5.41) is 9.80. The molecule has 1 aliphatic rings. The SMILES string of the molecule is C=CC(=C)NC(C)(C)CC1(C)NC(=C)NC1=C. The van der Waals surface area contributed by atoms with Gasteiger partial charge in [0.1, 0.15) is 0 Å². The largest absolute Gasteiger partial charge is 0.381 e. The molecule has 0 saturated carbocycles. The van der Waals surface area contributed by atoms with E-state index in [1.807, 2.05) is 0 Å². The van der Waals surface area contributed by atoms with Gasteiger partial charge in [-0.2, -0.15) is 0 Å². The van der Waals surface area contributed by atoms with Crippen molar-refractivity contribution in [3.05, 3.63) is 49.6 Å². The van der Waals surface area contributed by atoms with E-state index in [1.165, 1.54) is 0 Å². The van der Waals surface area contributed by atoms with Crippen molar-refractivity contribution in [1.29, 1.82) is 0 Å². The molecule has 1 aliphatic heterocycles. The molecule has 0 aromatic heterocycles. The van der Waals surface area contributed by atoms with E-state index < -0.39 is 0 Å². The maximum absolute atomic E-state index is 4.04. The monoisotopic (exact) mass is 233 g/mol. The van der Waals surface area contributed by atoms with E-state index in [-0.39, 0.29) is 11.1 Å². The molecule has 0 bridgehead atoms. The van der Waals surface area contributed by atoms with Crippen molar-refractivity contribution in [1.82, 2.24) is 16.0 Å². The summed E-state index contributed by atoms with van der Waals surface area (Å²) < 4.78 is 0. The normalized spacial score (nSPS) is 23.9. The zero-order valence-electron chi connectivity index (χ0n) is 11.1. The van der Waals surface area contributed by atoms with E-state index in [9.17, 15) is 0 Å². The Balaban J connectivity index is 2.76. The Hall–Kier alpha value is -1.64. The first-order chi connectivity index (χ1) is 7.68. The van der Waals surface area contributed by atoms with Gasteiger partial charge >= 0.3 is 0 Å². The molecule has 0 aromatic carbocycles. The van der Waals surface area contributed by atoms with Crippen molar-refractivity contribution in [2.75, 3.05) is 0 Å². The van der Waals surface area contributed by atoms with Crippen LogP contribution in [-0.2, 0) is 0 Å². The van der Waals surface area contributed by atoms with Crippen molar-refractivity contribution in [2.45, 2.75) is 38.3 Å². The molecule has 0 radical (unpaired) electrons. The van der Waals surface area contributed by atoms with Crippen LogP contribution in [0.3, 0.4) is 0 Å². The molecule has 0 aliphatic carbocycles. The maximum atomic E-state index is 4.04. The summed E-state index contributed by atoms with van der Waals surface area (Å²) in [6, 6.07) is 0. The molecule has 0 amide bonds. The quantitative estimate of drug-likeness (QED) is 0.638. The second-order valence-corrected chi connectivity index (χ2v) is 5.45. The van der Waals surface area contributed by atoms with Crippen LogP contribution in [0.5, 0.6) is 0 Å². The van der Waals surface area contributed by atoms with Gasteiger partial charge < -0.3 is 16.0 Å². The second-order valence-electron chi connectivity index (χ2n) is 5.45. The molecule has 0 aromatic rings. The molecule has 1 fully saturated rings. The fraction of sp³-hybridized carbons (Fsp3) is 0.429. The summed E-state index contributed by atoms with van der Waals surface area (Å²) in [4.78, 5) is 0. The molecule has 1 atom stereocenters. The van der Waals surface area contributed by atoms with Gasteiger partial charge in [-0.05, 0) is 33.3 Å². The minimum atomic E-state index is -0.199. The molecule has 1 unspecified atom stereocenters. The second kappa shape index (κ2) is 4.32. The number of hydrogen-bond acceptors (Lipinski definition) is 3. The molecule has 17 heavy (non-hydrogen) atoms. The Morgan fingerprint density at radius 2 is 2.06 bits per heavy atom. The first-order valence-corrected chi connectivity index (χ1v) is 5.71. The third-order valence-corrected chi connectivity index (χ3v) is 2.94. The van der Waals surface area contributed by atoms with E-state index in [2.05, 4.69) is 63.0 Å². The van der Waals surface area contributed by atoms with Crippen molar-refractivity contribution in [3.63, 3.8) is 0 Å². The van der Waals surface area contributed by atoms with Crippen LogP contribution < -0.4 is 16.0 Å². The number of allylic oxidation sites excluding steroid dienone is 1. The minimum Gasteiger partial charge on any atom is -0.381 e. The average molecular weight is 233 g/mol. The summed E-state index contributed by atoms with van der Waals surface area (Å²) >= 11 is 0. The predicted octanol–water partition coefficient (Wildman–Crippen LogP) is 2.38. The van der Waals surface area contributed by atoms with Gasteiger partial charge in [0, 0.05) is 16.9 Å². The van der Waals surface area contributed by atoms with Crippen LogP contribution in [0.4, 0.5) is 0 Å². The molecular weight excluding hydrogens is 210 g/mol. The third-order valence-electron chi connectivity index (χ3n) is 2.94. The summed E-state index contributed by atoms with van der Waals surface area (Å²) in [6.45, 7) is 21.9. The van der Waals surface area contributed by atoms with Crippen LogP contribution in [0.1, 0.15) is 27.2 Å². The van der Waals surface area contributed by atoms with Crippen LogP contribution in [0.2, 0.25) is 0 Å². The van der Waals surface area contributed by atoms with Crippen LogP contribution in [-0.4, -0.2) is 11.1 Å². The molecule has 3 N–H and O–H groups in total. The highest BCUT2D eigenvalue weighted by Gasteiger charge is 2.39. The third kappa shape index (κ3) is 3.16. The lowest BCUT2D eigenvalue weighted by Gasteiger charge is -2.36. The average Bonchev–Trinajstić information content (AvgIpc) is 2.37. The van der Waals surface area contributed by atoms with Crippen molar-refractivity contribution in [2.24, 2.45) is 0 Å². The van der Waals surface area contributed by atoms with Gasteiger partial charge in [0.2, 0.25) is 0 Å². The van der Waals surface area contributed by atoms with Gasteiger partial charge in [0.05, 0.1) is 11.4 Å². The van der Waals surface area contributed by atoms with Crippen molar-refractivity contribution >= 4 is 0 Å². The number of nitrogens with one attached hydrogen (secondary N) is 3. The van der Waals surface area contributed by atoms with E-state index in [4.69, 9.17) is 0 Å².